The first kappa shape index (κ1) is 14.3. The smallest absolute Gasteiger partial charge is 0.153 e. The zero-order valence-corrected chi connectivity index (χ0v) is 12.1. The summed E-state index contributed by atoms with van der Waals surface area (Å²) < 4.78 is 5.84. The van der Waals surface area contributed by atoms with Crippen molar-refractivity contribution in [3.05, 3.63) is 64.1 Å². The van der Waals surface area contributed by atoms with Crippen LogP contribution in [0.2, 0.25) is 0 Å². The third kappa shape index (κ3) is 3.05. The van der Waals surface area contributed by atoms with Crippen molar-refractivity contribution >= 4 is 5.69 Å². The van der Waals surface area contributed by atoms with Crippen LogP contribution in [0.25, 0.3) is 0 Å². The predicted molar refractivity (Wildman–Crippen MR) is 81.5 cm³/mol. The molecule has 0 spiro atoms. The summed E-state index contributed by atoms with van der Waals surface area (Å²) >= 11 is 0. The van der Waals surface area contributed by atoms with E-state index >= 15 is 0 Å². The van der Waals surface area contributed by atoms with Gasteiger partial charge in [-0.05, 0) is 34.7 Å². The fourth-order valence-corrected chi connectivity index (χ4v) is 2.16. The highest BCUT2D eigenvalue weighted by Gasteiger charge is 2.16. The van der Waals surface area contributed by atoms with Crippen LogP contribution in [0.3, 0.4) is 0 Å². The van der Waals surface area contributed by atoms with Gasteiger partial charge in [0.2, 0.25) is 0 Å². The third-order valence-corrected chi connectivity index (χ3v) is 3.30. The van der Waals surface area contributed by atoms with Crippen LogP contribution in [0.4, 0.5) is 5.69 Å². The molecule has 0 fully saturated rings. The monoisotopic (exact) mass is 269 g/mol. The molecule has 0 bridgehead atoms. The van der Waals surface area contributed by atoms with E-state index in [1.807, 2.05) is 63.2 Å². The van der Waals surface area contributed by atoms with Gasteiger partial charge in [0, 0.05) is 0 Å². The quantitative estimate of drug-likeness (QED) is 0.709. The minimum Gasteiger partial charge on any atom is -0.486 e. The van der Waals surface area contributed by atoms with E-state index in [0.29, 0.717) is 18.0 Å². The van der Waals surface area contributed by atoms with E-state index in [1.165, 1.54) is 0 Å². The molecule has 0 N–H and O–H groups in total. The van der Waals surface area contributed by atoms with Gasteiger partial charge in [0.05, 0.1) is 0 Å². The fourth-order valence-electron chi connectivity index (χ4n) is 2.16. The van der Waals surface area contributed by atoms with Gasteiger partial charge in [0.15, 0.2) is 11.4 Å². The summed E-state index contributed by atoms with van der Waals surface area (Å²) in [5.41, 5.74) is 3.35. The first-order chi connectivity index (χ1) is 9.63. The highest BCUT2D eigenvalue weighted by atomic mass is 16.5. The second kappa shape index (κ2) is 6.33. The van der Waals surface area contributed by atoms with E-state index in [4.69, 9.17) is 4.74 Å². The molecule has 20 heavy (non-hydrogen) atoms. The van der Waals surface area contributed by atoms with Crippen molar-refractivity contribution in [1.82, 2.24) is 0 Å². The van der Waals surface area contributed by atoms with Gasteiger partial charge >= 0.3 is 0 Å². The molecule has 2 rings (SSSR count). The Hall–Kier alpha value is -2.16. The number of ether oxygens (including phenoxy) is 1. The van der Waals surface area contributed by atoms with Crippen LogP contribution in [0, 0.1) is 11.8 Å². The SMILES string of the molecule is Cc1ccc(C(C)C)c(N=O)c1OCc1ccccc1. The number of nitroso groups, excluding NO2 is 1. The van der Waals surface area contributed by atoms with Crippen molar-refractivity contribution in [1.29, 1.82) is 0 Å². The van der Waals surface area contributed by atoms with Crippen molar-refractivity contribution in [2.75, 3.05) is 0 Å². The van der Waals surface area contributed by atoms with E-state index < -0.39 is 0 Å². The fraction of sp³-hybridized carbons (Fsp3) is 0.294. The van der Waals surface area contributed by atoms with Crippen LogP contribution in [0.15, 0.2) is 47.6 Å². The molecule has 0 saturated heterocycles. The number of nitrogens with zero attached hydrogens (tertiary/aromatic N) is 1. The molecule has 0 aromatic heterocycles. The lowest BCUT2D eigenvalue weighted by Crippen LogP contribution is -1.99. The van der Waals surface area contributed by atoms with Gasteiger partial charge in [-0.25, -0.2) is 0 Å². The molecule has 0 heterocycles. The van der Waals surface area contributed by atoms with Crippen molar-refractivity contribution in [2.45, 2.75) is 33.3 Å². The molecule has 0 aliphatic carbocycles. The zero-order valence-electron chi connectivity index (χ0n) is 12.1. The average molecular weight is 269 g/mol. The van der Waals surface area contributed by atoms with E-state index in [9.17, 15) is 4.91 Å². The highest BCUT2D eigenvalue weighted by Crippen LogP contribution is 2.38. The molecule has 0 aliphatic rings. The lowest BCUT2D eigenvalue weighted by molar-refractivity contribution is 0.305. The van der Waals surface area contributed by atoms with Crippen LogP contribution in [-0.2, 0) is 6.61 Å². The Bertz CT molecular complexity index is 591. The molecule has 0 amide bonds. The summed E-state index contributed by atoms with van der Waals surface area (Å²) in [6.07, 6.45) is 0. The minimum absolute atomic E-state index is 0.238. The minimum atomic E-state index is 0.238. The van der Waals surface area contributed by atoms with E-state index in [2.05, 4.69) is 5.18 Å². The van der Waals surface area contributed by atoms with Crippen LogP contribution in [-0.4, -0.2) is 0 Å². The molecular formula is C17H19NO2. The maximum atomic E-state index is 11.2. The Morgan fingerprint density at radius 1 is 1.10 bits per heavy atom. The Kier molecular flexibility index (Phi) is 4.51. The normalized spacial score (nSPS) is 10.6. The van der Waals surface area contributed by atoms with E-state index in [-0.39, 0.29) is 5.92 Å². The summed E-state index contributed by atoms with van der Waals surface area (Å²) in [6, 6.07) is 13.8. The summed E-state index contributed by atoms with van der Waals surface area (Å²) in [7, 11) is 0. The highest BCUT2D eigenvalue weighted by molar-refractivity contribution is 5.62. The molecular weight excluding hydrogens is 250 g/mol. The molecule has 3 nitrogen and oxygen atoms in total. The zero-order chi connectivity index (χ0) is 14.5. The number of rotatable bonds is 5. The van der Waals surface area contributed by atoms with Crippen LogP contribution >= 0.6 is 0 Å². The van der Waals surface area contributed by atoms with Crippen molar-refractivity contribution in [3.63, 3.8) is 0 Å². The third-order valence-electron chi connectivity index (χ3n) is 3.30. The summed E-state index contributed by atoms with van der Waals surface area (Å²) in [5, 5.41) is 3.19. The van der Waals surface area contributed by atoms with Crippen molar-refractivity contribution < 1.29 is 4.74 Å². The molecule has 2 aromatic rings. The van der Waals surface area contributed by atoms with Crippen molar-refractivity contribution in [3.8, 4) is 5.75 Å². The average Bonchev–Trinajstić information content (AvgIpc) is 2.46. The van der Waals surface area contributed by atoms with Crippen molar-refractivity contribution in [2.24, 2.45) is 5.18 Å². The number of aryl methyl sites for hydroxylation is 1. The Labute approximate surface area is 119 Å². The van der Waals surface area contributed by atoms with Gasteiger partial charge < -0.3 is 4.74 Å². The summed E-state index contributed by atoms with van der Waals surface area (Å²) in [4.78, 5) is 11.2. The molecule has 2 aromatic carbocycles. The topological polar surface area (TPSA) is 38.7 Å². The van der Waals surface area contributed by atoms with E-state index in [0.717, 1.165) is 16.7 Å². The largest absolute Gasteiger partial charge is 0.486 e. The Morgan fingerprint density at radius 2 is 1.80 bits per heavy atom. The van der Waals surface area contributed by atoms with Crippen LogP contribution < -0.4 is 4.74 Å². The van der Waals surface area contributed by atoms with Gasteiger partial charge in [-0.1, -0.05) is 56.3 Å². The maximum Gasteiger partial charge on any atom is 0.153 e. The van der Waals surface area contributed by atoms with Gasteiger partial charge in [-0.3, -0.25) is 0 Å². The van der Waals surface area contributed by atoms with Gasteiger partial charge in [-0.15, -0.1) is 4.91 Å². The molecule has 0 unspecified atom stereocenters. The maximum absolute atomic E-state index is 11.2. The Balaban J connectivity index is 2.30. The number of hydrogen-bond acceptors (Lipinski definition) is 3. The summed E-state index contributed by atoms with van der Waals surface area (Å²) in [6.45, 7) is 6.45. The molecule has 0 radical (unpaired) electrons. The molecule has 104 valence electrons. The lowest BCUT2D eigenvalue weighted by atomic mass is 9.99. The van der Waals surface area contributed by atoms with Gasteiger partial charge in [0.1, 0.15) is 6.61 Å². The lowest BCUT2D eigenvalue weighted by Gasteiger charge is -2.15. The van der Waals surface area contributed by atoms with Crippen LogP contribution in [0.5, 0.6) is 5.75 Å². The number of hydrogen-bond donors (Lipinski definition) is 0. The first-order valence-corrected chi connectivity index (χ1v) is 6.77. The van der Waals surface area contributed by atoms with E-state index in [1.54, 1.807) is 0 Å². The van der Waals surface area contributed by atoms with Gasteiger partial charge in [-0.2, -0.15) is 0 Å². The molecule has 0 aliphatic heterocycles. The number of benzene rings is 2. The molecule has 0 saturated carbocycles. The molecule has 3 heteroatoms. The van der Waals surface area contributed by atoms with Crippen LogP contribution in [0.1, 0.15) is 36.5 Å². The standard InChI is InChI=1S/C17H19NO2/c1-12(2)15-10-9-13(3)17(16(15)18-19)20-11-14-7-5-4-6-8-14/h4-10,12H,11H2,1-3H3. The second-order valence-electron chi connectivity index (χ2n) is 5.17. The molecule has 0 atom stereocenters. The first-order valence-electron chi connectivity index (χ1n) is 6.77. The van der Waals surface area contributed by atoms with Gasteiger partial charge in [0.25, 0.3) is 0 Å². The Morgan fingerprint density at radius 3 is 2.40 bits per heavy atom. The predicted octanol–water partition coefficient (Wildman–Crippen LogP) is 5.10. The second-order valence-corrected chi connectivity index (χ2v) is 5.17. The summed E-state index contributed by atoms with van der Waals surface area (Å²) in [5.74, 6) is 0.831.